The number of hydrogen-bond donors (Lipinski definition) is 2. The first-order chi connectivity index (χ1) is 11.6. The van der Waals surface area contributed by atoms with E-state index in [-0.39, 0.29) is 6.04 Å². The number of halogens is 3. The fraction of sp³-hybridized carbons (Fsp3) is 0.562. The molecule has 1 saturated heterocycles. The standard InChI is InChI=1S/C16H19F3N2O3S/c1-9-7-15(3-4-21(9)8-11(22)14(20)23)13-10(2-5-24-15)6-12(25-13)16(17,18)19/h6,8-9,22H,2-5,7H2,1H3,(H2,20,23)/t9-,15+/m0/s1. The lowest BCUT2D eigenvalue weighted by atomic mass is 9.82. The summed E-state index contributed by atoms with van der Waals surface area (Å²) in [6.07, 6.45) is -1.64. The van der Waals surface area contributed by atoms with Gasteiger partial charge in [-0.25, -0.2) is 0 Å². The molecule has 1 aromatic rings. The van der Waals surface area contributed by atoms with Crippen LogP contribution in [0.4, 0.5) is 13.2 Å². The molecule has 0 bridgehead atoms. The quantitative estimate of drug-likeness (QED) is 0.615. The van der Waals surface area contributed by atoms with Gasteiger partial charge >= 0.3 is 6.18 Å². The van der Waals surface area contributed by atoms with Crippen LogP contribution in [-0.2, 0) is 27.7 Å². The summed E-state index contributed by atoms with van der Waals surface area (Å²) < 4.78 is 45.2. The van der Waals surface area contributed by atoms with Gasteiger partial charge in [0.1, 0.15) is 10.5 Å². The number of primary amides is 1. The molecule has 2 atom stereocenters. The van der Waals surface area contributed by atoms with Gasteiger partial charge in [0.15, 0.2) is 5.76 Å². The number of thiophene rings is 1. The van der Waals surface area contributed by atoms with Gasteiger partial charge in [0, 0.05) is 30.1 Å². The van der Waals surface area contributed by atoms with Crippen LogP contribution in [0.2, 0.25) is 0 Å². The largest absolute Gasteiger partial charge is 0.502 e. The van der Waals surface area contributed by atoms with Crippen molar-refractivity contribution < 1.29 is 27.8 Å². The van der Waals surface area contributed by atoms with Crippen molar-refractivity contribution in [3.05, 3.63) is 33.3 Å². The number of ether oxygens (including phenoxy) is 1. The average Bonchev–Trinajstić information content (AvgIpc) is 2.96. The molecule has 0 unspecified atom stereocenters. The zero-order valence-corrected chi connectivity index (χ0v) is 14.4. The van der Waals surface area contributed by atoms with Crippen molar-refractivity contribution in [3.8, 4) is 0 Å². The summed E-state index contributed by atoms with van der Waals surface area (Å²) in [6.45, 7) is 2.70. The highest BCUT2D eigenvalue weighted by Gasteiger charge is 2.46. The maximum absolute atomic E-state index is 13.1. The number of nitrogens with two attached hydrogens (primary N) is 1. The molecular weight excluding hydrogens is 357 g/mol. The van der Waals surface area contributed by atoms with Crippen molar-refractivity contribution >= 4 is 17.2 Å². The van der Waals surface area contributed by atoms with E-state index in [1.54, 1.807) is 4.90 Å². The van der Waals surface area contributed by atoms with Gasteiger partial charge in [0.2, 0.25) is 0 Å². The van der Waals surface area contributed by atoms with E-state index in [2.05, 4.69) is 0 Å². The second kappa shape index (κ2) is 6.21. The molecule has 1 aromatic heterocycles. The Kier molecular flexibility index (Phi) is 4.48. The van der Waals surface area contributed by atoms with Gasteiger partial charge in [-0.1, -0.05) is 0 Å². The molecule has 1 fully saturated rings. The van der Waals surface area contributed by atoms with Crippen LogP contribution >= 0.6 is 11.3 Å². The minimum atomic E-state index is -4.36. The first-order valence-corrected chi connectivity index (χ1v) is 8.75. The summed E-state index contributed by atoms with van der Waals surface area (Å²) in [7, 11) is 0. The zero-order chi connectivity index (χ0) is 18.4. The van der Waals surface area contributed by atoms with Crippen molar-refractivity contribution in [3.63, 3.8) is 0 Å². The maximum atomic E-state index is 13.1. The second-order valence-corrected chi connectivity index (χ2v) is 7.53. The third-order valence-corrected chi connectivity index (χ3v) is 6.17. The monoisotopic (exact) mass is 376 g/mol. The van der Waals surface area contributed by atoms with Crippen LogP contribution in [0.25, 0.3) is 0 Å². The summed E-state index contributed by atoms with van der Waals surface area (Å²) in [5, 5.41) is 9.54. The van der Waals surface area contributed by atoms with E-state index in [0.29, 0.717) is 42.9 Å². The maximum Gasteiger partial charge on any atom is 0.425 e. The Labute approximate surface area is 146 Å². The number of fused-ring (bicyclic) bond motifs is 2. The van der Waals surface area contributed by atoms with Gasteiger partial charge in [-0.15, -0.1) is 11.3 Å². The lowest BCUT2D eigenvalue weighted by Crippen LogP contribution is -2.48. The van der Waals surface area contributed by atoms with Crippen LogP contribution in [0.5, 0.6) is 0 Å². The van der Waals surface area contributed by atoms with Crippen molar-refractivity contribution in [2.75, 3.05) is 13.2 Å². The smallest absolute Gasteiger partial charge is 0.425 e. The number of aliphatic hydroxyl groups is 1. The van der Waals surface area contributed by atoms with E-state index in [9.17, 15) is 23.1 Å². The highest BCUT2D eigenvalue weighted by Crippen LogP contribution is 2.49. The van der Waals surface area contributed by atoms with Crippen molar-refractivity contribution in [1.29, 1.82) is 0 Å². The Hall–Kier alpha value is -1.74. The molecule has 3 N–H and O–H groups in total. The first-order valence-electron chi connectivity index (χ1n) is 7.93. The number of hydrogen-bond acceptors (Lipinski definition) is 5. The number of carbonyl (C=O) groups is 1. The molecule has 5 nitrogen and oxygen atoms in total. The van der Waals surface area contributed by atoms with E-state index in [1.165, 1.54) is 12.3 Å². The van der Waals surface area contributed by atoms with E-state index in [4.69, 9.17) is 10.5 Å². The Bertz CT molecular complexity index is 716. The molecule has 2 aliphatic heterocycles. The summed E-state index contributed by atoms with van der Waals surface area (Å²) in [5.74, 6) is -1.46. The highest BCUT2D eigenvalue weighted by molar-refractivity contribution is 7.12. The molecule has 138 valence electrons. The van der Waals surface area contributed by atoms with Crippen molar-refractivity contribution in [2.24, 2.45) is 5.73 Å². The van der Waals surface area contributed by atoms with Crippen molar-refractivity contribution in [1.82, 2.24) is 4.90 Å². The van der Waals surface area contributed by atoms with Crippen LogP contribution in [0.15, 0.2) is 18.0 Å². The van der Waals surface area contributed by atoms with E-state index >= 15 is 0 Å². The van der Waals surface area contributed by atoms with Gasteiger partial charge in [-0.05, 0) is 31.4 Å². The number of alkyl halides is 3. The SMILES string of the molecule is C[C@H]1C[C@@]2(CCN1C=C(O)C(N)=O)OCCc1cc(C(F)(F)F)sc12. The first kappa shape index (κ1) is 18.1. The number of piperidine rings is 1. The van der Waals surface area contributed by atoms with Crippen LogP contribution in [0.1, 0.15) is 35.1 Å². The number of likely N-dealkylation sites (tertiary alicyclic amines) is 1. The molecule has 9 heteroatoms. The number of nitrogens with zero attached hydrogens (tertiary/aromatic N) is 1. The topological polar surface area (TPSA) is 75.8 Å². The molecule has 0 aliphatic carbocycles. The third kappa shape index (κ3) is 3.35. The zero-order valence-electron chi connectivity index (χ0n) is 13.6. The lowest BCUT2D eigenvalue weighted by molar-refractivity contribution is -0.134. The summed E-state index contributed by atoms with van der Waals surface area (Å²) in [5.41, 5.74) is 4.99. The number of carbonyl (C=O) groups excluding carboxylic acids is 1. The van der Waals surface area contributed by atoms with Crippen LogP contribution in [0.3, 0.4) is 0 Å². The van der Waals surface area contributed by atoms with Gasteiger partial charge in [-0.2, -0.15) is 13.2 Å². The molecule has 1 spiro atoms. The molecule has 1 amide bonds. The summed E-state index contributed by atoms with van der Waals surface area (Å²) >= 11 is 0.762. The molecular formula is C16H19F3N2O3S. The van der Waals surface area contributed by atoms with Crippen LogP contribution in [-0.4, -0.2) is 35.1 Å². The molecule has 2 aliphatic rings. The molecule has 3 rings (SSSR count). The van der Waals surface area contributed by atoms with Crippen LogP contribution < -0.4 is 5.73 Å². The Morgan fingerprint density at radius 2 is 2.28 bits per heavy atom. The fourth-order valence-corrected chi connectivity index (χ4v) is 4.80. The van der Waals surface area contributed by atoms with Crippen molar-refractivity contribution in [2.45, 2.75) is 44.0 Å². The number of rotatable bonds is 2. The van der Waals surface area contributed by atoms with E-state index in [1.807, 2.05) is 6.92 Å². The molecule has 0 saturated carbocycles. The second-order valence-electron chi connectivity index (χ2n) is 6.48. The fourth-order valence-electron chi connectivity index (χ4n) is 3.54. The van der Waals surface area contributed by atoms with E-state index in [0.717, 1.165) is 11.3 Å². The predicted octanol–water partition coefficient (Wildman–Crippen LogP) is 2.90. The highest BCUT2D eigenvalue weighted by atomic mass is 32.1. The Morgan fingerprint density at radius 1 is 1.56 bits per heavy atom. The number of aliphatic hydroxyl groups excluding tert-OH is 1. The van der Waals surface area contributed by atoms with Gasteiger partial charge in [-0.3, -0.25) is 4.79 Å². The average molecular weight is 376 g/mol. The van der Waals surface area contributed by atoms with Gasteiger partial charge in [0.05, 0.1) is 6.61 Å². The van der Waals surface area contributed by atoms with Gasteiger partial charge in [0.25, 0.3) is 5.91 Å². The third-order valence-electron chi connectivity index (χ3n) is 4.76. The van der Waals surface area contributed by atoms with Gasteiger partial charge < -0.3 is 20.5 Å². The Balaban J connectivity index is 1.87. The Morgan fingerprint density at radius 3 is 2.88 bits per heavy atom. The minimum absolute atomic E-state index is 0.127. The molecule has 0 aromatic carbocycles. The summed E-state index contributed by atoms with van der Waals surface area (Å²) in [6, 6.07) is 1.11. The molecule has 25 heavy (non-hydrogen) atoms. The molecule has 3 heterocycles. The minimum Gasteiger partial charge on any atom is -0.502 e. The summed E-state index contributed by atoms with van der Waals surface area (Å²) in [4.78, 5) is 12.8. The predicted molar refractivity (Wildman–Crippen MR) is 86.0 cm³/mol. The van der Waals surface area contributed by atoms with Crippen LogP contribution in [0, 0.1) is 0 Å². The van der Waals surface area contributed by atoms with E-state index < -0.39 is 28.3 Å². The normalized spacial score (nSPS) is 27.4. The lowest BCUT2D eigenvalue weighted by Gasteiger charge is -2.46. The number of amides is 1. The molecule has 0 radical (unpaired) electrons.